The average Bonchev–Trinajstić information content (AvgIpc) is 2.91. The Morgan fingerprint density at radius 3 is 2.88 bits per heavy atom. The van der Waals surface area contributed by atoms with E-state index in [9.17, 15) is 0 Å². The zero-order valence-corrected chi connectivity index (χ0v) is 9.51. The first-order valence-corrected chi connectivity index (χ1v) is 5.56. The zero-order chi connectivity index (χ0) is 11.8. The fourth-order valence-corrected chi connectivity index (χ4v) is 1.85. The van der Waals surface area contributed by atoms with Crippen molar-refractivity contribution in [3.63, 3.8) is 0 Å². The third-order valence-corrected chi connectivity index (χ3v) is 2.73. The molecule has 3 N–H and O–H groups in total. The number of para-hydroxylation sites is 2. The molecular weight excluding hydrogens is 214 g/mol. The van der Waals surface area contributed by atoms with Crippen molar-refractivity contribution >= 4 is 16.7 Å². The van der Waals surface area contributed by atoms with Gasteiger partial charge in [0.05, 0.1) is 16.7 Å². The van der Waals surface area contributed by atoms with Crippen molar-refractivity contribution in [2.24, 2.45) is 0 Å². The number of benzene rings is 1. The molecule has 86 valence electrons. The molecule has 3 rings (SSSR count). The zero-order valence-electron chi connectivity index (χ0n) is 9.51. The number of nitrogens with one attached hydrogen (secondary N) is 1. The minimum atomic E-state index is 0.644. The van der Waals surface area contributed by atoms with E-state index >= 15 is 0 Å². The van der Waals surface area contributed by atoms with Gasteiger partial charge in [-0.15, -0.1) is 0 Å². The van der Waals surface area contributed by atoms with Crippen LogP contribution in [-0.4, -0.2) is 19.7 Å². The molecule has 2 aromatic heterocycles. The van der Waals surface area contributed by atoms with E-state index in [-0.39, 0.29) is 0 Å². The normalized spacial score (nSPS) is 11.1. The van der Waals surface area contributed by atoms with Gasteiger partial charge in [0.25, 0.3) is 0 Å². The van der Waals surface area contributed by atoms with Crippen molar-refractivity contribution in [3.05, 3.63) is 30.5 Å². The maximum atomic E-state index is 5.93. The van der Waals surface area contributed by atoms with Crippen LogP contribution in [0.3, 0.4) is 0 Å². The van der Waals surface area contributed by atoms with Gasteiger partial charge in [0.15, 0.2) is 11.5 Å². The molecule has 0 bridgehead atoms. The Hall–Kier alpha value is -2.30. The molecule has 0 fully saturated rings. The fourth-order valence-electron chi connectivity index (χ4n) is 1.85. The van der Waals surface area contributed by atoms with E-state index in [0.717, 1.165) is 23.4 Å². The second-order valence-electron chi connectivity index (χ2n) is 3.89. The number of nitrogens with zero attached hydrogens (tertiary/aromatic N) is 3. The van der Waals surface area contributed by atoms with E-state index < -0.39 is 0 Å². The summed E-state index contributed by atoms with van der Waals surface area (Å²) >= 11 is 0. The van der Waals surface area contributed by atoms with Crippen molar-refractivity contribution in [1.82, 2.24) is 19.7 Å². The van der Waals surface area contributed by atoms with Gasteiger partial charge in [0.1, 0.15) is 0 Å². The number of hydrogen-bond acceptors (Lipinski definition) is 3. The molecule has 0 spiro atoms. The Morgan fingerprint density at radius 1 is 1.35 bits per heavy atom. The van der Waals surface area contributed by atoms with Gasteiger partial charge < -0.3 is 10.7 Å². The number of rotatable bonds is 2. The number of nitrogen functional groups attached to an aromatic ring is 1. The largest absolute Gasteiger partial charge is 0.396 e. The Labute approximate surface area is 98.3 Å². The number of aryl methyl sites for hydroxylation is 1. The number of aromatic amines is 1. The van der Waals surface area contributed by atoms with E-state index in [4.69, 9.17) is 5.73 Å². The highest BCUT2D eigenvalue weighted by molar-refractivity contribution is 5.80. The molecule has 0 saturated heterocycles. The molecule has 0 aliphatic rings. The monoisotopic (exact) mass is 227 g/mol. The summed E-state index contributed by atoms with van der Waals surface area (Å²) in [4.78, 5) is 7.70. The molecule has 0 atom stereocenters. The first kappa shape index (κ1) is 9.89. The van der Waals surface area contributed by atoms with Crippen LogP contribution in [0, 0.1) is 0 Å². The molecule has 5 heteroatoms. The molecule has 0 unspecified atom stereocenters. The Bertz CT molecular complexity index is 631. The number of nitrogens with two attached hydrogens (primary N) is 1. The lowest BCUT2D eigenvalue weighted by Crippen LogP contribution is -1.94. The first-order chi connectivity index (χ1) is 8.28. The summed E-state index contributed by atoms with van der Waals surface area (Å²) in [6, 6.07) is 7.88. The van der Waals surface area contributed by atoms with Crippen molar-refractivity contribution in [2.45, 2.75) is 13.5 Å². The van der Waals surface area contributed by atoms with Crippen LogP contribution in [0.4, 0.5) is 5.69 Å². The van der Waals surface area contributed by atoms with Gasteiger partial charge in [-0.2, -0.15) is 5.10 Å². The topological polar surface area (TPSA) is 72.5 Å². The van der Waals surface area contributed by atoms with Crippen molar-refractivity contribution < 1.29 is 0 Å². The smallest absolute Gasteiger partial charge is 0.161 e. The average molecular weight is 227 g/mol. The number of hydrogen-bond donors (Lipinski definition) is 2. The first-order valence-electron chi connectivity index (χ1n) is 5.56. The van der Waals surface area contributed by atoms with E-state index in [1.54, 1.807) is 4.68 Å². The van der Waals surface area contributed by atoms with Crippen LogP contribution in [0.25, 0.3) is 22.6 Å². The number of imidazole rings is 1. The molecule has 0 radical (unpaired) electrons. The maximum absolute atomic E-state index is 5.93. The lowest BCUT2D eigenvalue weighted by atomic mass is 10.3. The third kappa shape index (κ3) is 1.56. The molecule has 5 nitrogen and oxygen atoms in total. The molecule has 0 saturated carbocycles. The summed E-state index contributed by atoms with van der Waals surface area (Å²) < 4.78 is 1.80. The van der Waals surface area contributed by atoms with Crippen LogP contribution < -0.4 is 5.73 Å². The SMILES string of the molecule is CCn1cc(N)c(-c2nc3ccccc3[nH]2)n1. The fraction of sp³-hybridized carbons (Fsp3) is 0.167. The number of fused-ring (bicyclic) bond motifs is 1. The van der Waals surface area contributed by atoms with E-state index in [2.05, 4.69) is 15.1 Å². The Morgan fingerprint density at radius 2 is 2.18 bits per heavy atom. The third-order valence-electron chi connectivity index (χ3n) is 2.73. The Kier molecular flexibility index (Phi) is 2.11. The second-order valence-corrected chi connectivity index (χ2v) is 3.89. The summed E-state index contributed by atoms with van der Waals surface area (Å²) in [6.07, 6.45) is 1.82. The highest BCUT2D eigenvalue weighted by Gasteiger charge is 2.12. The molecule has 1 aromatic carbocycles. The molecular formula is C12H13N5. The molecule has 0 aliphatic carbocycles. The molecule has 2 heterocycles. The van der Waals surface area contributed by atoms with Gasteiger partial charge in [-0.05, 0) is 19.1 Å². The maximum Gasteiger partial charge on any atom is 0.161 e. The van der Waals surface area contributed by atoms with Crippen LogP contribution in [-0.2, 0) is 6.54 Å². The van der Waals surface area contributed by atoms with Gasteiger partial charge in [-0.3, -0.25) is 4.68 Å². The number of H-pyrrole nitrogens is 1. The van der Waals surface area contributed by atoms with Crippen LogP contribution in [0.5, 0.6) is 0 Å². The predicted molar refractivity (Wildman–Crippen MR) is 67.4 cm³/mol. The number of aromatic nitrogens is 4. The van der Waals surface area contributed by atoms with E-state index in [1.807, 2.05) is 37.4 Å². The highest BCUT2D eigenvalue weighted by atomic mass is 15.3. The predicted octanol–water partition coefficient (Wildman–Crippen LogP) is 2.03. The summed E-state index contributed by atoms with van der Waals surface area (Å²) in [5, 5.41) is 4.39. The summed E-state index contributed by atoms with van der Waals surface area (Å²) in [6.45, 7) is 2.82. The second kappa shape index (κ2) is 3.62. The minimum Gasteiger partial charge on any atom is -0.396 e. The van der Waals surface area contributed by atoms with Gasteiger partial charge in [-0.25, -0.2) is 4.98 Å². The quantitative estimate of drug-likeness (QED) is 0.703. The van der Waals surface area contributed by atoms with Crippen molar-refractivity contribution in [1.29, 1.82) is 0 Å². The van der Waals surface area contributed by atoms with Gasteiger partial charge in [0, 0.05) is 12.7 Å². The molecule has 0 aliphatic heterocycles. The lowest BCUT2D eigenvalue weighted by Gasteiger charge is -1.92. The molecule has 3 aromatic rings. The van der Waals surface area contributed by atoms with Crippen molar-refractivity contribution in [2.75, 3.05) is 5.73 Å². The Balaban J connectivity index is 2.16. The van der Waals surface area contributed by atoms with Crippen LogP contribution in [0.1, 0.15) is 6.92 Å². The van der Waals surface area contributed by atoms with Crippen LogP contribution in [0.2, 0.25) is 0 Å². The van der Waals surface area contributed by atoms with Crippen LogP contribution >= 0.6 is 0 Å². The summed E-state index contributed by atoms with van der Waals surface area (Å²) in [7, 11) is 0. The lowest BCUT2D eigenvalue weighted by molar-refractivity contribution is 0.661. The van der Waals surface area contributed by atoms with Gasteiger partial charge in [0.2, 0.25) is 0 Å². The number of anilines is 1. The van der Waals surface area contributed by atoms with E-state index in [0.29, 0.717) is 11.4 Å². The summed E-state index contributed by atoms with van der Waals surface area (Å²) in [5.74, 6) is 0.718. The summed E-state index contributed by atoms with van der Waals surface area (Å²) in [5.41, 5.74) is 9.20. The standard InChI is InChI=1S/C12H13N5/c1-2-17-7-8(13)11(16-17)12-14-9-5-3-4-6-10(9)15-12/h3-7H,2,13H2,1H3,(H,14,15). The van der Waals surface area contributed by atoms with Crippen LogP contribution in [0.15, 0.2) is 30.5 Å². The highest BCUT2D eigenvalue weighted by Crippen LogP contribution is 2.23. The molecule has 0 amide bonds. The minimum absolute atomic E-state index is 0.644. The van der Waals surface area contributed by atoms with Crippen molar-refractivity contribution in [3.8, 4) is 11.5 Å². The molecule has 17 heavy (non-hydrogen) atoms. The van der Waals surface area contributed by atoms with E-state index in [1.165, 1.54) is 0 Å². The van der Waals surface area contributed by atoms with Gasteiger partial charge >= 0.3 is 0 Å². The van der Waals surface area contributed by atoms with Gasteiger partial charge in [-0.1, -0.05) is 12.1 Å².